The standard InChI is InChI=1S/C21H23BrN2O7/c1-3-29-21(27)14-4-7-16(8-5-14)31-13-19(25)23-24-20(26)17-12-15(22)6-9-18(17)30-11-10-28-2/h4-9,12H,3,10-11,13H2,1-2H3,(H,23,25)(H,24,26). The van der Waals surface area contributed by atoms with Gasteiger partial charge in [0.25, 0.3) is 11.8 Å². The third-order valence-electron chi connectivity index (χ3n) is 3.78. The molecule has 0 saturated carbocycles. The highest BCUT2D eigenvalue weighted by Gasteiger charge is 2.15. The van der Waals surface area contributed by atoms with E-state index in [2.05, 4.69) is 26.8 Å². The Labute approximate surface area is 188 Å². The molecule has 0 heterocycles. The lowest BCUT2D eigenvalue weighted by Crippen LogP contribution is -2.44. The molecule has 0 aromatic heterocycles. The molecule has 2 rings (SSSR count). The maximum Gasteiger partial charge on any atom is 0.338 e. The number of ether oxygens (including phenoxy) is 4. The van der Waals surface area contributed by atoms with Crippen LogP contribution in [0, 0.1) is 0 Å². The van der Waals surface area contributed by atoms with Crippen molar-refractivity contribution in [2.24, 2.45) is 0 Å². The lowest BCUT2D eigenvalue weighted by Gasteiger charge is -2.13. The highest BCUT2D eigenvalue weighted by molar-refractivity contribution is 9.10. The van der Waals surface area contributed by atoms with Crippen LogP contribution in [-0.4, -0.2) is 51.3 Å². The van der Waals surface area contributed by atoms with Gasteiger partial charge in [0.2, 0.25) is 0 Å². The molecule has 2 amide bonds. The fourth-order valence-corrected chi connectivity index (χ4v) is 2.68. The molecule has 0 aliphatic carbocycles. The predicted octanol–water partition coefficient (Wildman–Crippen LogP) is 2.49. The zero-order valence-electron chi connectivity index (χ0n) is 17.1. The molecule has 2 aromatic carbocycles. The average Bonchev–Trinajstić information content (AvgIpc) is 2.77. The van der Waals surface area contributed by atoms with Crippen LogP contribution in [0.5, 0.6) is 11.5 Å². The highest BCUT2D eigenvalue weighted by atomic mass is 79.9. The minimum atomic E-state index is -0.570. The van der Waals surface area contributed by atoms with Gasteiger partial charge in [0.1, 0.15) is 18.1 Å². The first-order valence-electron chi connectivity index (χ1n) is 9.35. The minimum absolute atomic E-state index is 0.237. The van der Waals surface area contributed by atoms with Gasteiger partial charge in [-0.1, -0.05) is 15.9 Å². The Morgan fingerprint density at radius 1 is 0.968 bits per heavy atom. The summed E-state index contributed by atoms with van der Waals surface area (Å²) < 4.78 is 21.4. The van der Waals surface area contributed by atoms with Gasteiger partial charge in [0.15, 0.2) is 6.61 Å². The zero-order chi connectivity index (χ0) is 22.6. The van der Waals surface area contributed by atoms with E-state index in [0.717, 1.165) is 0 Å². The summed E-state index contributed by atoms with van der Waals surface area (Å²) in [5.41, 5.74) is 5.21. The molecule has 0 bridgehead atoms. The normalized spacial score (nSPS) is 10.2. The zero-order valence-corrected chi connectivity index (χ0v) is 18.7. The molecule has 9 nitrogen and oxygen atoms in total. The van der Waals surface area contributed by atoms with Crippen molar-refractivity contribution in [1.82, 2.24) is 10.9 Å². The summed E-state index contributed by atoms with van der Waals surface area (Å²) in [5, 5.41) is 0. The number of hydrogen-bond acceptors (Lipinski definition) is 7. The number of hydrazine groups is 1. The number of benzene rings is 2. The van der Waals surface area contributed by atoms with E-state index in [1.165, 1.54) is 12.1 Å². The van der Waals surface area contributed by atoms with Crippen LogP contribution in [0.2, 0.25) is 0 Å². The molecular weight excluding hydrogens is 472 g/mol. The van der Waals surface area contributed by atoms with Gasteiger partial charge in [-0.25, -0.2) is 4.79 Å². The highest BCUT2D eigenvalue weighted by Crippen LogP contribution is 2.23. The van der Waals surface area contributed by atoms with Crippen molar-refractivity contribution in [2.45, 2.75) is 6.92 Å². The maximum atomic E-state index is 12.4. The molecule has 2 N–H and O–H groups in total. The number of hydrogen-bond donors (Lipinski definition) is 2. The summed E-state index contributed by atoms with van der Waals surface area (Å²) in [6.45, 7) is 2.30. The largest absolute Gasteiger partial charge is 0.490 e. The first kappa shape index (κ1) is 24.2. The molecular formula is C21H23BrN2O7. The summed E-state index contributed by atoms with van der Waals surface area (Å²) in [6, 6.07) is 11.1. The fourth-order valence-electron chi connectivity index (χ4n) is 2.32. The van der Waals surface area contributed by atoms with Crippen LogP contribution in [0.1, 0.15) is 27.6 Å². The van der Waals surface area contributed by atoms with Gasteiger partial charge < -0.3 is 18.9 Å². The first-order valence-corrected chi connectivity index (χ1v) is 10.1. The minimum Gasteiger partial charge on any atom is -0.490 e. The van der Waals surface area contributed by atoms with Crippen molar-refractivity contribution in [3.63, 3.8) is 0 Å². The van der Waals surface area contributed by atoms with Crippen LogP contribution >= 0.6 is 15.9 Å². The molecule has 0 radical (unpaired) electrons. The smallest absolute Gasteiger partial charge is 0.338 e. The van der Waals surface area contributed by atoms with Gasteiger partial charge in [-0.05, 0) is 49.4 Å². The molecule has 10 heteroatoms. The molecule has 0 saturated heterocycles. The number of nitrogens with one attached hydrogen (secondary N) is 2. The summed E-state index contributed by atoms with van der Waals surface area (Å²) in [6.07, 6.45) is 0. The molecule has 0 spiro atoms. The van der Waals surface area contributed by atoms with Gasteiger partial charge in [0.05, 0.1) is 24.3 Å². The Hall–Kier alpha value is -3.11. The van der Waals surface area contributed by atoms with E-state index in [1.807, 2.05) is 0 Å². The second kappa shape index (κ2) is 12.6. The molecule has 166 valence electrons. The van der Waals surface area contributed by atoms with Gasteiger partial charge >= 0.3 is 5.97 Å². The Morgan fingerprint density at radius 3 is 2.39 bits per heavy atom. The monoisotopic (exact) mass is 494 g/mol. The third-order valence-corrected chi connectivity index (χ3v) is 4.28. The summed E-state index contributed by atoms with van der Waals surface area (Å²) >= 11 is 3.30. The molecule has 0 unspecified atom stereocenters. The van der Waals surface area contributed by atoms with Gasteiger partial charge in [0, 0.05) is 11.6 Å². The number of carbonyl (C=O) groups excluding carboxylic acids is 3. The van der Waals surface area contributed by atoms with Crippen molar-refractivity contribution in [2.75, 3.05) is 33.5 Å². The Bertz CT molecular complexity index is 903. The number of methoxy groups -OCH3 is 1. The van der Waals surface area contributed by atoms with E-state index in [9.17, 15) is 14.4 Å². The number of esters is 1. The lowest BCUT2D eigenvalue weighted by atomic mass is 10.2. The van der Waals surface area contributed by atoms with Gasteiger partial charge in [-0.2, -0.15) is 0 Å². The van der Waals surface area contributed by atoms with Crippen molar-refractivity contribution in [3.8, 4) is 11.5 Å². The summed E-state index contributed by atoms with van der Waals surface area (Å²) in [5.74, 6) is -0.826. The predicted molar refractivity (Wildman–Crippen MR) is 115 cm³/mol. The molecule has 0 atom stereocenters. The Kier molecular flexibility index (Phi) is 9.79. The molecule has 0 aliphatic heterocycles. The molecule has 0 aliphatic rings. The third kappa shape index (κ3) is 7.91. The second-order valence-electron chi connectivity index (χ2n) is 6.02. The number of halogens is 1. The molecule has 31 heavy (non-hydrogen) atoms. The van der Waals surface area contributed by atoms with Crippen LogP contribution < -0.4 is 20.3 Å². The van der Waals surface area contributed by atoms with Gasteiger partial charge in [-0.15, -0.1) is 0 Å². The maximum absolute atomic E-state index is 12.4. The van der Waals surface area contributed by atoms with Crippen LogP contribution in [0.4, 0.5) is 0 Å². The first-order chi connectivity index (χ1) is 14.9. The van der Waals surface area contributed by atoms with E-state index in [-0.39, 0.29) is 25.4 Å². The number of amides is 2. The SMILES string of the molecule is CCOC(=O)c1ccc(OCC(=O)NNC(=O)c2cc(Br)ccc2OCCOC)cc1. The van der Waals surface area contributed by atoms with Gasteiger partial charge in [-0.3, -0.25) is 20.4 Å². The van der Waals surface area contributed by atoms with E-state index in [4.69, 9.17) is 18.9 Å². The van der Waals surface area contributed by atoms with E-state index in [0.29, 0.717) is 28.1 Å². The summed E-state index contributed by atoms with van der Waals surface area (Å²) in [7, 11) is 1.55. The van der Waals surface area contributed by atoms with E-state index < -0.39 is 17.8 Å². The van der Waals surface area contributed by atoms with Crippen molar-refractivity contribution < 1.29 is 33.3 Å². The Balaban J connectivity index is 1.85. The number of carbonyl (C=O) groups is 3. The average molecular weight is 495 g/mol. The van der Waals surface area contributed by atoms with Crippen LogP contribution in [0.15, 0.2) is 46.9 Å². The molecule has 2 aromatic rings. The lowest BCUT2D eigenvalue weighted by molar-refractivity contribution is -0.123. The van der Waals surface area contributed by atoms with E-state index >= 15 is 0 Å². The van der Waals surface area contributed by atoms with E-state index in [1.54, 1.807) is 44.4 Å². The van der Waals surface area contributed by atoms with Crippen molar-refractivity contribution >= 4 is 33.7 Å². The van der Waals surface area contributed by atoms with Crippen LogP contribution in [0.25, 0.3) is 0 Å². The van der Waals surface area contributed by atoms with Crippen LogP contribution in [-0.2, 0) is 14.3 Å². The molecule has 0 fully saturated rings. The van der Waals surface area contributed by atoms with Crippen molar-refractivity contribution in [3.05, 3.63) is 58.1 Å². The Morgan fingerprint density at radius 2 is 1.71 bits per heavy atom. The quantitative estimate of drug-likeness (QED) is 0.296. The van der Waals surface area contributed by atoms with Crippen LogP contribution in [0.3, 0.4) is 0 Å². The topological polar surface area (TPSA) is 112 Å². The summed E-state index contributed by atoms with van der Waals surface area (Å²) in [4.78, 5) is 36.1. The number of rotatable bonds is 10. The van der Waals surface area contributed by atoms with Crippen molar-refractivity contribution in [1.29, 1.82) is 0 Å². The fraction of sp³-hybridized carbons (Fsp3) is 0.286. The second-order valence-corrected chi connectivity index (χ2v) is 6.93.